The van der Waals surface area contributed by atoms with Crippen molar-refractivity contribution < 1.29 is 4.57 Å². The first kappa shape index (κ1) is 9.84. The lowest BCUT2D eigenvalue weighted by Gasteiger charge is -1.92. The number of aromatic nitrogens is 3. The third-order valence-electron chi connectivity index (χ3n) is 2.03. The van der Waals surface area contributed by atoms with Crippen LogP contribution in [0.1, 0.15) is 0 Å². The van der Waals surface area contributed by atoms with Gasteiger partial charge in [0.15, 0.2) is 0 Å². The molecule has 0 N–H and O–H groups in total. The van der Waals surface area contributed by atoms with E-state index in [1.165, 1.54) is 4.68 Å². The smallest absolute Gasteiger partial charge is 0.270 e. The van der Waals surface area contributed by atoms with E-state index in [1.807, 2.05) is 30.3 Å². The zero-order valence-electron chi connectivity index (χ0n) is 8.28. The lowest BCUT2D eigenvalue weighted by Crippen LogP contribution is -2.27. The molecule has 0 saturated heterocycles. The van der Waals surface area contributed by atoms with Gasteiger partial charge in [-0.1, -0.05) is 22.9 Å². The molecule has 5 nitrogen and oxygen atoms in total. The Bertz CT molecular complexity index is 584. The second-order valence-corrected chi connectivity index (χ2v) is 3.01. The quantitative estimate of drug-likeness (QED) is 0.416. The Labute approximate surface area is 92.0 Å². The minimum atomic E-state index is -0.0605. The molecular weight excluding hydrogens is 202 g/mol. The molecule has 0 amide bonds. The highest BCUT2D eigenvalue weighted by atomic mass is 15.4. The van der Waals surface area contributed by atoms with E-state index in [0.29, 0.717) is 0 Å². The van der Waals surface area contributed by atoms with Gasteiger partial charge in [-0.15, -0.1) is 0 Å². The molecule has 0 atom stereocenters. The summed E-state index contributed by atoms with van der Waals surface area (Å²) in [6.07, 6.45) is 3.13. The average Bonchev–Trinajstić information content (AvgIpc) is 2.81. The summed E-state index contributed by atoms with van der Waals surface area (Å²) in [6, 6.07) is 11.3. The van der Waals surface area contributed by atoms with Crippen LogP contribution in [-0.4, -0.2) is 15.7 Å². The van der Waals surface area contributed by atoms with Crippen molar-refractivity contribution in [3.05, 3.63) is 48.4 Å². The number of allylic oxidation sites excluding steroid dienone is 1. The highest BCUT2D eigenvalue weighted by Crippen LogP contribution is 1.98. The predicted molar refractivity (Wildman–Crippen MR) is 57.4 cm³/mol. The SMILES string of the molecule is N#CC(=C=[N-])n1c[n+](-c2ccccc2)cn1. The minimum absolute atomic E-state index is 0.0605. The molecule has 1 heterocycles. The molecule has 2 rings (SSSR count). The molecule has 0 aliphatic carbocycles. The average molecular weight is 209 g/mol. The van der Waals surface area contributed by atoms with Crippen LogP contribution in [0.2, 0.25) is 0 Å². The van der Waals surface area contributed by atoms with Gasteiger partial charge in [0.05, 0.1) is 0 Å². The van der Waals surface area contributed by atoms with Gasteiger partial charge in [0, 0.05) is 5.10 Å². The largest absolute Gasteiger partial charge is 0.760 e. The van der Waals surface area contributed by atoms with Gasteiger partial charge in [0.1, 0.15) is 11.8 Å². The zero-order valence-corrected chi connectivity index (χ0v) is 8.28. The normalized spacial score (nSPS) is 9.19. The molecule has 2 aromatic rings. The van der Waals surface area contributed by atoms with Crippen molar-refractivity contribution in [3.8, 4) is 11.8 Å². The molecule has 1 aromatic carbocycles. The molecule has 0 saturated carbocycles. The third-order valence-corrected chi connectivity index (χ3v) is 2.03. The molecule has 0 fully saturated rings. The Morgan fingerprint density at radius 1 is 1.38 bits per heavy atom. The third kappa shape index (κ3) is 1.73. The number of nitriles is 1. The van der Waals surface area contributed by atoms with Gasteiger partial charge in [-0.2, -0.15) is 5.26 Å². The fourth-order valence-electron chi connectivity index (χ4n) is 1.27. The minimum Gasteiger partial charge on any atom is -0.760 e. The molecule has 0 spiro atoms. The van der Waals surface area contributed by atoms with E-state index in [-0.39, 0.29) is 5.70 Å². The van der Waals surface area contributed by atoms with E-state index in [2.05, 4.69) is 5.10 Å². The zero-order chi connectivity index (χ0) is 11.4. The van der Waals surface area contributed by atoms with Crippen LogP contribution in [0, 0.1) is 11.3 Å². The van der Waals surface area contributed by atoms with E-state index in [1.54, 1.807) is 29.2 Å². The van der Waals surface area contributed by atoms with E-state index in [4.69, 9.17) is 10.7 Å². The summed E-state index contributed by atoms with van der Waals surface area (Å²) in [5.41, 5.74) is 0.860. The molecule has 1 aromatic heterocycles. The highest BCUT2D eigenvalue weighted by Gasteiger charge is 2.10. The maximum Gasteiger partial charge on any atom is 0.270 e. The standard InChI is InChI=1S/C11H7N5/c12-6-11(7-13)16-9-15(8-14-16)10-4-2-1-3-5-10/h1-5,8-9H. The number of benzene rings is 1. The van der Waals surface area contributed by atoms with Crippen LogP contribution in [0.25, 0.3) is 16.8 Å². The number of nitrogens with zero attached hydrogens (tertiary/aromatic N) is 5. The van der Waals surface area contributed by atoms with Crippen LogP contribution in [0.3, 0.4) is 0 Å². The molecule has 0 aliphatic rings. The summed E-state index contributed by atoms with van der Waals surface area (Å²) in [7, 11) is 0. The second-order valence-electron chi connectivity index (χ2n) is 3.01. The Kier molecular flexibility index (Phi) is 2.59. The molecule has 5 heteroatoms. The van der Waals surface area contributed by atoms with Crippen molar-refractivity contribution in [3.63, 3.8) is 0 Å². The van der Waals surface area contributed by atoms with Crippen molar-refractivity contribution in [2.45, 2.75) is 0 Å². The van der Waals surface area contributed by atoms with Gasteiger partial charge in [-0.3, -0.25) is 0 Å². The van der Waals surface area contributed by atoms with Gasteiger partial charge < -0.3 is 5.41 Å². The van der Waals surface area contributed by atoms with E-state index >= 15 is 0 Å². The Hall–Kier alpha value is -2.70. The van der Waals surface area contributed by atoms with Gasteiger partial charge in [-0.05, 0) is 12.1 Å². The van der Waals surface area contributed by atoms with Crippen molar-refractivity contribution >= 4 is 11.6 Å². The molecule has 76 valence electrons. The molecular formula is C11H7N5. The van der Waals surface area contributed by atoms with Gasteiger partial charge in [0.2, 0.25) is 12.0 Å². The monoisotopic (exact) mass is 209 g/mol. The van der Waals surface area contributed by atoms with Crippen molar-refractivity contribution in [2.24, 2.45) is 0 Å². The van der Waals surface area contributed by atoms with Crippen LogP contribution in [0.15, 0.2) is 43.0 Å². The molecule has 16 heavy (non-hydrogen) atoms. The maximum atomic E-state index is 8.68. The summed E-state index contributed by atoms with van der Waals surface area (Å²) in [5, 5.41) is 21.3. The fourth-order valence-corrected chi connectivity index (χ4v) is 1.27. The summed E-state index contributed by atoms with van der Waals surface area (Å²) >= 11 is 0. The van der Waals surface area contributed by atoms with Crippen molar-refractivity contribution in [1.82, 2.24) is 9.78 Å². The van der Waals surface area contributed by atoms with Gasteiger partial charge >= 0.3 is 0 Å². The maximum absolute atomic E-state index is 8.68. The summed E-state index contributed by atoms with van der Waals surface area (Å²) in [5.74, 6) is 1.78. The summed E-state index contributed by atoms with van der Waals surface area (Å²) in [6.45, 7) is 0. The van der Waals surface area contributed by atoms with Crippen LogP contribution >= 0.6 is 0 Å². The van der Waals surface area contributed by atoms with E-state index < -0.39 is 0 Å². The van der Waals surface area contributed by atoms with Crippen molar-refractivity contribution in [1.29, 1.82) is 5.26 Å². The second kappa shape index (κ2) is 4.22. The molecule has 0 aliphatic heterocycles. The number of hydrogen-bond donors (Lipinski definition) is 0. The van der Waals surface area contributed by atoms with Gasteiger partial charge in [0.25, 0.3) is 6.33 Å². The molecule has 0 unspecified atom stereocenters. The number of para-hydroxylation sites is 1. The van der Waals surface area contributed by atoms with E-state index in [0.717, 1.165) is 5.69 Å². The summed E-state index contributed by atoms with van der Waals surface area (Å²) in [4.78, 5) is 0. The Balaban J connectivity index is 2.42. The highest BCUT2D eigenvalue weighted by molar-refractivity contribution is 5.88. The van der Waals surface area contributed by atoms with Crippen LogP contribution in [-0.2, 0) is 0 Å². The topological polar surface area (TPSA) is 67.8 Å². The van der Waals surface area contributed by atoms with Crippen LogP contribution < -0.4 is 4.57 Å². The fraction of sp³-hybridized carbons (Fsp3) is 0. The van der Waals surface area contributed by atoms with Gasteiger partial charge in [-0.25, -0.2) is 10.4 Å². The Morgan fingerprint density at radius 3 is 2.75 bits per heavy atom. The summed E-state index contributed by atoms with van der Waals surface area (Å²) < 4.78 is 2.97. The first-order valence-corrected chi connectivity index (χ1v) is 4.54. The van der Waals surface area contributed by atoms with Crippen LogP contribution in [0.4, 0.5) is 0 Å². The van der Waals surface area contributed by atoms with Crippen molar-refractivity contribution in [2.75, 3.05) is 0 Å². The first-order chi connectivity index (χ1) is 7.85. The number of hydrogen-bond acceptors (Lipinski definition) is 2. The number of rotatable bonds is 2. The van der Waals surface area contributed by atoms with E-state index in [9.17, 15) is 0 Å². The lowest BCUT2D eigenvalue weighted by molar-refractivity contribution is -0.596. The molecule has 0 radical (unpaired) electrons. The first-order valence-electron chi connectivity index (χ1n) is 4.54. The predicted octanol–water partition coefficient (Wildman–Crippen LogP) is 0.763. The van der Waals surface area contributed by atoms with Crippen LogP contribution in [0.5, 0.6) is 0 Å². The Morgan fingerprint density at radius 2 is 2.12 bits per heavy atom. The molecule has 0 bridgehead atoms. The lowest BCUT2D eigenvalue weighted by atomic mass is 10.3.